The summed E-state index contributed by atoms with van der Waals surface area (Å²) in [7, 11) is 0.688. The second-order valence-corrected chi connectivity index (χ2v) is 0.707. The van der Waals surface area contributed by atoms with E-state index in [2.05, 4.69) is 0 Å². The predicted molar refractivity (Wildman–Crippen MR) is 23.5 cm³/mol. The summed E-state index contributed by atoms with van der Waals surface area (Å²) in [4.78, 5) is 0. The number of rotatable bonds is 0. The minimum Gasteiger partial charge on any atom is 0 e. The topological polar surface area (TPSA) is 17.1 Å². The van der Waals surface area contributed by atoms with Crippen molar-refractivity contribution in [2.24, 2.45) is 0 Å². The fourth-order valence-corrected chi connectivity index (χ4v) is 0. The van der Waals surface area contributed by atoms with Crippen molar-refractivity contribution in [2.45, 2.75) is 0 Å². The molecule has 5 heavy (non-hydrogen) atoms. The van der Waals surface area contributed by atoms with Gasteiger partial charge >= 0.3 is 40.4 Å². The molecule has 0 aromatic carbocycles. The average Bonchev–Trinajstić information content (AvgIpc) is 0.918. The van der Waals surface area contributed by atoms with Gasteiger partial charge in [0.05, 0.1) is 0 Å². The summed E-state index contributed by atoms with van der Waals surface area (Å²) in [6, 6.07) is 0. The molecule has 0 fully saturated rings. The molecule has 0 amide bonds. The van der Waals surface area contributed by atoms with E-state index >= 15 is 0 Å². The average molecular weight is 131 g/mol. The molecule has 0 aliphatic rings. The van der Waals surface area contributed by atoms with Crippen LogP contribution in [0.5, 0.6) is 0 Å². The maximum atomic E-state index is 8.87. The van der Waals surface area contributed by atoms with Crippen molar-refractivity contribution in [3.8, 4) is 0 Å². The zero-order valence-corrected chi connectivity index (χ0v) is 7.66. The smallest absolute Gasteiger partial charge is 0 e. The minimum absolute atomic E-state index is 0. The molecule has 0 radical (unpaired) electrons. The Morgan fingerprint density at radius 3 is 1.60 bits per heavy atom. The Labute approximate surface area is 59.8 Å². The Morgan fingerprint density at radius 1 is 1.60 bits per heavy atom. The molecule has 0 atom stereocenters. The summed E-state index contributed by atoms with van der Waals surface area (Å²) in [6.07, 6.45) is 0. The van der Waals surface area contributed by atoms with Crippen molar-refractivity contribution in [1.29, 1.82) is 0 Å². The third-order valence-electron chi connectivity index (χ3n) is 0. The molecule has 0 aliphatic carbocycles. The van der Waals surface area contributed by atoms with E-state index in [0.29, 0.717) is 10.1 Å². The largest absolute Gasteiger partial charge is 0 e. The Bertz CT molecular complexity index is 19.1. The molecule has 0 heterocycles. The SMILES string of the molecule is O=B[SiH3].[LiH].[Zn]. The fraction of sp³-hybridized carbons (Fsp3) is 0. The second kappa shape index (κ2) is 18.5. The molecule has 0 saturated carbocycles. The summed E-state index contributed by atoms with van der Waals surface area (Å²) >= 11 is 0. The summed E-state index contributed by atoms with van der Waals surface area (Å²) in [6.45, 7) is 0.889. The predicted octanol–water partition coefficient (Wildman–Crippen LogP) is -2.33. The molecule has 20 valence electrons. The van der Waals surface area contributed by atoms with E-state index in [-0.39, 0.29) is 38.3 Å². The summed E-state index contributed by atoms with van der Waals surface area (Å²) in [5.74, 6) is 0. The van der Waals surface area contributed by atoms with Gasteiger partial charge in [-0.3, -0.25) is 0 Å². The van der Waals surface area contributed by atoms with Crippen LogP contribution >= 0.6 is 0 Å². The Hall–Kier alpha value is 1.30. The van der Waals surface area contributed by atoms with Crippen molar-refractivity contribution in [2.75, 3.05) is 0 Å². The maximum Gasteiger partial charge on any atom is 0 e. The molecule has 0 aliphatic heterocycles. The molecule has 0 aromatic rings. The first-order valence-corrected chi connectivity index (χ1v) is 1.97. The molecule has 5 heteroatoms. The van der Waals surface area contributed by atoms with Gasteiger partial charge in [-0.05, 0) is 0 Å². The van der Waals surface area contributed by atoms with E-state index in [9.17, 15) is 0 Å². The molecule has 0 rings (SSSR count). The first kappa shape index (κ1) is 16.2. The third kappa shape index (κ3) is 34.1. The van der Waals surface area contributed by atoms with Crippen molar-refractivity contribution in [3.05, 3.63) is 0 Å². The molecule has 0 unspecified atom stereocenters. The zero-order chi connectivity index (χ0) is 2.71. The Balaban J connectivity index is -0.0000000200. The van der Waals surface area contributed by atoms with Gasteiger partial charge in [-0.15, -0.1) is 0 Å². The van der Waals surface area contributed by atoms with Crippen LogP contribution in [0.1, 0.15) is 0 Å². The van der Waals surface area contributed by atoms with Gasteiger partial charge in [0.25, 0.3) is 0 Å². The van der Waals surface area contributed by atoms with Crippen LogP contribution in [0.3, 0.4) is 0 Å². The summed E-state index contributed by atoms with van der Waals surface area (Å²) < 4.78 is 8.87. The van der Waals surface area contributed by atoms with Crippen molar-refractivity contribution >= 4 is 35.7 Å². The molecular weight excluding hydrogens is 127 g/mol. The van der Waals surface area contributed by atoms with E-state index in [4.69, 9.17) is 4.70 Å². The first-order valence-electron chi connectivity index (χ1n) is 0.813. The van der Waals surface area contributed by atoms with Crippen molar-refractivity contribution in [1.82, 2.24) is 0 Å². The molecule has 0 bridgehead atoms. The molecule has 1 nitrogen and oxygen atoms in total. The van der Waals surface area contributed by atoms with Crippen LogP contribution in [0.15, 0.2) is 0 Å². The summed E-state index contributed by atoms with van der Waals surface area (Å²) in [5.41, 5.74) is 0. The Kier molecular flexibility index (Phi) is 60.2. The number of hydrogen-bond acceptors (Lipinski definition) is 1. The van der Waals surface area contributed by atoms with Gasteiger partial charge in [-0.2, -0.15) is 0 Å². The third-order valence-corrected chi connectivity index (χ3v) is 0. The van der Waals surface area contributed by atoms with Crippen LogP contribution in [0.2, 0.25) is 0 Å². The van der Waals surface area contributed by atoms with Crippen molar-refractivity contribution in [3.63, 3.8) is 0 Å². The van der Waals surface area contributed by atoms with Gasteiger partial charge < -0.3 is 0 Å². The molecule has 0 spiro atoms. The zero-order valence-electron chi connectivity index (χ0n) is 2.69. The number of hydrogen-bond donors (Lipinski definition) is 0. The standard InChI is InChI=1S/BH3OSi.Li.Zn.H/c2-1-3;;;/h3H3;;;. The second-order valence-electron chi connectivity index (χ2n) is 0.236. The van der Waals surface area contributed by atoms with Gasteiger partial charge in [0, 0.05) is 19.5 Å². The van der Waals surface area contributed by atoms with Crippen LogP contribution in [0.4, 0.5) is 0 Å². The molecule has 0 N–H and O–H groups in total. The van der Waals surface area contributed by atoms with E-state index in [1.165, 1.54) is 0 Å². The van der Waals surface area contributed by atoms with Gasteiger partial charge in [-0.1, -0.05) is 0 Å². The molecular formula is H4BLiOSiZn. The van der Waals surface area contributed by atoms with E-state index in [0.717, 1.165) is 6.74 Å². The van der Waals surface area contributed by atoms with E-state index < -0.39 is 0 Å². The van der Waals surface area contributed by atoms with Gasteiger partial charge in [-0.25, -0.2) is 0 Å². The maximum absolute atomic E-state index is 8.87. The van der Waals surface area contributed by atoms with E-state index in [1.54, 1.807) is 0 Å². The quantitative estimate of drug-likeness (QED) is 0.337. The normalized spacial score (nSPS) is 2.40. The van der Waals surface area contributed by atoms with Crippen molar-refractivity contribution < 1.29 is 24.2 Å². The van der Waals surface area contributed by atoms with Gasteiger partial charge in [0.1, 0.15) is 0 Å². The van der Waals surface area contributed by atoms with Crippen LogP contribution in [0.25, 0.3) is 0 Å². The van der Waals surface area contributed by atoms with Crippen LogP contribution in [-0.4, -0.2) is 35.7 Å². The fourth-order valence-electron chi connectivity index (χ4n) is 0. The van der Waals surface area contributed by atoms with Crippen LogP contribution in [0, 0.1) is 0 Å². The molecule has 0 aromatic heterocycles. The summed E-state index contributed by atoms with van der Waals surface area (Å²) in [5, 5.41) is 0. The minimum atomic E-state index is 0. The van der Waals surface area contributed by atoms with Crippen LogP contribution < -0.4 is 0 Å². The monoisotopic (exact) mass is 130 g/mol. The molecule has 0 saturated heterocycles. The van der Waals surface area contributed by atoms with Gasteiger partial charge in [0.15, 0.2) is 0 Å². The van der Waals surface area contributed by atoms with Gasteiger partial charge in [0.2, 0.25) is 0 Å². The van der Waals surface area contributed by atoms with Crippen LogP contribution in [-0.2, 0) is 24.2 Å². The van der Waals surface area contributed by atoms with E-state index in [1.807, 2.05) is 0 Å². The first-order chi connectivity index (χ1) is 1.41. The Morgan fingerprint density at radius 2 is 1.60 bits per heavy atom.